The van der Waals surface area contributed by atoms with Crippen LogP contribution in [0.15, 0.2) is 48.1 Å². The summed E-state index contributed by atoms with van der Waals surface area (Å²) in [6.45, 7) is 18.8. The maximum Gasteiger partial charge on any atom is 0.00936 e. The van der Waals surface area contributed by atoms with Gasteiger partial charge in [0.1, 0.15) is 0 Å². The van der Waals surface area contributed by atoms with E-state index in [4.69, 9.17) is 0 Å². The van der Waals surface area contributed by atoms with E-state index in [2.05, 4.69) is 59.1 Å². The molecule has 154 valence electrons. The van der Waals surface area contributed by atoms with Gasteiger partial charge in [0.05, 0.1) is 0 Å². The van der Waals surface area contributed by atoms with Gasteiger partial charge in [0.2, 0.25) is 0 Å². The molecule has 0 spiro atoms. The summed E-state index contributed by atoms with van der Waals surface area (Å²) >= 11 is 0. The van der Waals surface area contributed by atoms with Crippen molar-refractivity contribution in [3.05, 3.63) is 48.1 Å². The highest BCUT2D eigenvalue weighted by molar-refractivity contribution is 5.32. The molecule has 0 aliphatic heterocycles. The Bertz CT molecular complexity index is 706. The van der Waals surface area contributed by atoms with E-state index in [1.54, 1.807) is 5.57 Å². The quantitative estimate of drug-likeness (QED) is 0.422. The molecular formula is C28H42. The first-order chi connectivity index (χ1) is 13.3. The summed E-state index contributed by atoms with van der Waals surface area (Å²) < 4.78 is 0. The molecule has 3 fully saturated rings. The molecule has 4 rings (SSSR count). The lowest BCUT2D eigenvalue weighted by molar-refractivity contribution is -0.0287. The highest BCUT2D eigenvalue weighted by atomic mass is 14.6. The first-order valence-electron chi connectivity index (χ1n) is 12.0. The third kappa shape index (κ3) is 3.01. The maximum absolute atomic E-state index is 4.65. The van der Waals surface area contributed by atoms with Crippen molar-refractivity contribution in [2.24, 2.45) is 40.4 Å². The summed E-state index contributed by atoms with van der Waals surface area (Å²) in [6, 6.07) is 0. The number of allylic oxidation sites excluding steroid dienone is 6. The van der Waals surface area contributed by atoms with Crippen LogP contribution in [0.25, 0.3) is 0 Å². The van der Waals surface area contributed by atoms with Crippen LogP contribution in [0.5, 0.6) is 0 Å². The summed E-state index contributed by atoms with van der Waals surface area (Å²) in [7, 11) is 0. The molecule has 0 aromatic rings. The van der Waals surface area contributed by atoms with Gasteiger partial charge in [-0.05, 0) is 92.8 Å². The van der Waals surface area contributed by atoms with E-state index in [0.717, 1.165) is 55.3 Å². The predicted molar refractivity (Wildman–Crippen MR) is 122 cm³/mol. The molecule has 7 atom stereocenters. The molecule has 4 aliphatic carbocycles. The fourth-order valence-corrected chi connectivity index (χ4v) is 8.24. The van der Waals surface area contributed by atoms with Gasteiger partial charge in [-0.1, -0.05) is 75.8 Å². The average molecular weight is 379 g/mol. The van der Waals surface area contributed by atoms with Crippen molar-refractivity contribution in [2.45, 2.75) is 85.5 Å². The van der Waals surface area contributed by atoms with Gasteiger partial charge in [-0.25, -0.2) is 0 Å². The zero-order valence-corrected chi connectivity index (χ0v) is 18.9. The van der Waals surface area contributed by atoms with Crippen LogP contribution in [-0.2, 0) is 0 Å². The van der Waals surface area contributed by atoms with Crippen LogP contribution in [0.4, 0.5) is 0 Å². The SMILES string of the molecule is C=C(CC)CCC(=C)C1C(C)CC2C3CCC4=CCC=CC4(C)C3CCC21C. The van der Waals surface area contributed by atoms with Crippen molar-refractivity contribution in [1.29, 1.82) is 0 Å². The molecule has 0 N–H and O–H groups in total. The number of rotatable bonds is 5. The summed E-state index contributed by atoms with van der Waals surface area (Å²) in [5.74, 6) is 4.18. The van der Waals surface area contributed by atoms with E-state index < -0.39 is 0 Å². The van der Waals surface area contributed by atoms with Gasteiger partial charge in [-0.3, -0.25) is 0 Å². The van der Waals surface area contributed by atoms with Crippen LogP contribution in [0.1, 0.15) is 85.5 Å². The van der Waals surface area contributed by atoms with E-state index in [1.807, 2.05) is 0 Å². The number of hydrogen-bond acceptors (Lipinski definition) is 0. The fraction of sp³-hybridized carbons (Fsp3) is 0.714. The predicted octanol–water partition coefficient (Wildman–Crippen LogP) is 8.28. The van der Waals surface area contributed by atoms with E-state index in [1.165, 1.54) is 43.3 Å². The Kier molecular flexibility index (Phi) is 5.30. The summed E-state index contributed by atoms with van der Waals surface area (Å²) in [5, 5.41) is 0. The summed E-state index contributed by atoms with van der Waals surface area (Å²) in [6.07, 6.45) is 19.1. The molecule has 28 heavy (non-hydrogen) atoms. The van der Waals surface area contributed by atoms with Crippen LogP contribution < -0.4 is 0 Å². The number of fused-ring (bicyclic) bond motifs is 5. The molecule has 7 unspecified atom stereocenters. The van der Waals surface area contributed by atoms with Crippen LogP contribution in [-0.4, -0.2) is 0 Å². The molecule has 0 amide bonds. The van der Waals surface area contributed by atoms with Crippen molar-refractivity contribution < 1.29 is 0 Å². The zero-order valence-electron chi connectivity index (χ0n) is 18.9. The molecule has 0 aromatic carbocycles. The lowest BCUT2D eigenvalue weighted by atomic mass is 9.47. The van der Waals surface area contributed by atoms with Crippen molar-refractivity contribution in [2.75, 3.05) is 0 Å². The van der Waals surface area contributed by atoms with Gasteiger partial charge in [-0.15, -0.1) is 0 Å². The van der Waals surface area contributed by atoms with Crippen molar-refractivity contribution >= 4 is 0 Å². The average Bonchev–Trinajstić information content (AvgIpc) is 2.95. The van der Waals surface area contributed by atoms with Gasteiger partial charge < -0.3 is 0 Å². The van der Waals surface area contributed by atoms with Gasteiger partial charge in [-0.2, -0.15) is 0 Å². The molecule has 0 bridgehead atoms. The third-order valence-electron chi connectivity index (χ3n) is 9.69. The molecule has 0 radical (unpaired) electrons. The van der Waals surface area contributed by atoms with E-state index in [-0.39, 0.29) is 0 Å². The van der Waals surface area contributed by atoms with Crippen molar-refractivity contribution in [3.8, 4) is 0 Å². The molecule has 0 heteroatoms. The van der Waals surface area contributed by atoms with Gasteiger partial charge in [0.25, 0.3) is 0 Å². The summed E-state index contributed by atoms with van der Waals surface area (Å²) in [5.41, 5.74) is 5.50. The van der Waals surface area contributed by atoms with Crippen LogP contribution >= 0.6 is 0 Å². The second-order valence-electron chi connectivity index (χ2n) is 11.1. The van der Waals surface area contributed by atoms with Crippen LogP contribution in [0, 0.1) is 40.4 Å². The van der Waals surface area contributed by atoms with E-state index in [9.17, 15) is 0 Å². The number of hydrogen-bond donors (Lipinski definition) is 0. The molecule has 0 aromatic heterocycles. The molecular weight excluding hydrogens is 336 g/mol. The largest absolute Gasteiger partial charge is 0.0999 e. The maximum atomic E-state index is 4.65. The Morgan fingerprint density at radius 2 is 1.93 bits per heavy atom. The fourth-order valence-electron chi connectivity index (χ4n) is 8.24. The minimum Gasteiger partial charge on any atom is -0.0999 e. The second kappa shape index (κ2) is 7.33. The second-order valence-corrected chi connectivity index (χ2v) is 11.1. The Morgan fingerprint density at radius 3 is 2.68 bits per heavy atom. The Labute approximate surface area is 174 Å². The Balaban J connectivity index is 1.56. The standard InChI is InChI=1S/C28H42/c1-7-19(2)11-12-20(3)26-21(4)18-25-23-14-13-22-10-8-9-16-27(22,5)24(23)15-17-28(25,26)6/h9-10,16,21,23-26H,2-3,7-8,11-15,17-18H2,1,4-6H3. The molecule has 3 saturated carbocycles. The monoisotopic (exact) mass is 378 g/mol. The molecule has 0 saturated heterocycles. The summed E-state index contributed by atoms with van der Waals surface area (Å²) in [4.78, 5) is 0. The minimum absolute atomic E-state index is 0.347. The Morgan fingerprint density at radius 1 is 1.14 bits per heavy atom. The lowest BCUT2D eigenvalue weighted by Crippen LogP contribution is -2.49. The van der Waals surface area contributed by atoms with Gasteiger partial charge >= 0.3 is 0 Å². The highest BCUT2D eigenvalue weighted by Gasteiger charge is 2.60. The molecule has 0 nitrogen and oxygen atoms in total. The van der Waals surface area contributed by atoms with Crippen molar-refractivity contribution in [1.82, 2.24) is 0 Å². The lowest BCUT2D eigenvalue weighted by Gasteiger charge is -2.57. The highest BCUT2D eigenvalue weighted by Crippen LogP contribution is 2.68. The van der Waals surface area contributed by atoms with Gasteiger partial charge in [0.15, 0.2) is 0 Å². The normalized spacial score (nSPS) is 44.3. The topological polar surface area (TPSA) is 0 Å². The zero-order chi connectivity index (χ0) is 20.1. The molecule has 0 heterocycles. The van der Waals surface area contributed by atoms with E-state index >= 15 is 0 Å². The first kappa shape index (κ1) is 20.2. The first-order valence-corrected chi connectivity index (χ1v) is 12.0. The Hall–Kier alpha value is -1.04. The van der Waals surface area contributed by atoms with Gasteiger partial charge in [0, 0.05) is 5.41 Å². The minimum atomic E-state index is 0.347. The van der Waals surface area contributed by atoms with Crippen molar-refractivity contribution in [3.63, 3.8) is 0 Å². The molecule has 4 aliphatic rings. The van der Waals surface area contributed by atoms with E-state index in [0.29, 0.717) is 10.8 Å². The third-order valence-corrected chi connectivity index (χ3v) is 9.69. The smallest absolute Gasteiger partial charge is 0.00936 e. The van der Waals surface area contributed by atoms with Crippen LogP contribution in [0.3, 0.4) is 0 Å². The van der Waals surface area contributed by atoms with Crippen LogP contribution in [0.2, 0.25) is 0 Å².